The minimum atomic E-state index is -0.554. The summed E-state index contributed by atoms with van der Waals surface area (Å²) in [5.41, 5.74) is 1.70. The molecule has 0 radical (unpaired) electrons. The number of hydrogen-bond donors (Lipinski definition) is 3. The maximum absolute atomic E-state index is 14.5. The van der Waals surface area contributed by atoms with E-state index in [0.29, 0.717) is 49.1 Å². The predicted octanol–water partition coefficient (Wildman–Crippen LogP) is 2.97. The van der Waals surface area contributed by atoms with Crippen LogP contribution in [0.25, 0.3) is 6.08 Å². The fourth-order valence-corrected chi connectivity index (χ4v) is 3.40. The third-order valence-electron chi connectivity index (χ3n) is 5.25. The van der Waals surface area contributed by atoms with Crippen molar-refractivity contribution < 1.29 is 18.7 Å². The summed E-state index contributed by atoms with van der Waals surface area (Å²) in [5, 5.41) is 9.68. The number of halogens is 1. The third kappa shape index (κ3) is 7.09. The highest BCUT2D eigenvalue weighted by Crippen LogP contribution is 2.22. The van der Waals surface area contributed by atoms with E-state index in [-0.39, 0.29) is 11.3 Å². The number of H-pyrrole nitrogens is 1. The maximum Gasteiger partial charge on any atom is 0.257 e. The van der Waals surface area contributed by atoms with Crippen molar-refractivity contribution in [3.63, 3.8) is 0 Å². The van der Waals surface area contributed by atoms with Gasteiger partial charge in [-0.3, -0.25) is 14.7 Å². The molecule has 1 aliphatic heterocycles. The molecule has 0 atom stereocenters. The lowest BCUT2D eigenvalue weighted by Crippen LogP contribution is -2.38. The number of morpholine rings is 1. The van der Waals surface area contributed by atoms with Crippen LogP contribution in [0.3, 0.4) is 0 Å². The second-order valence-corrected chi connectivity index (χ2v) is 7.82. The number of pyridine rings is 1. The molecule has 0 bridgehead atoms. The first-order chi connectivity index (χ1) is 17.6. The molecule has 9 nitrogen and oxygen atoms in total. The Hall–Kier alpha value is -4.33. The molecule has 10 heteroatoms. The zero-order valence-electron chi connectivity index (χ0n) is 19.5. The number of aromatic amines is 1. The molecular weight excluding hydrogens is 463 g/mol. The van der Waals surface area contributed by atoms with Crippen molar-refractivity contribution in [3.05, 3.63) is 77.4 Å². The molecule has 184 valence electrons. The number of anilines is 1. The van der Waals surface area contributed by atoms with Gasteiger partial charge < -0.3 is 25.2 Å². The summed E-state index contributed by atoms with van der Waals surface area (Å²) in [6.07, 6.45) is 8.87. The Bertz CT molecular complexity index is 1300. The number of imidazole rings is 1. The zero-order valence-corrected chi connectivity index (χ0v) is 19.5. The Morgan fingerprint density at radius 1 is 1.25 bits per heavy atom. The van der Waals surface area contributed by atoms with Gasteiger partial charge in [0.2, 0.25) is 0 Å². The molecule has 0 unspecified atom stereocenters. The van der Waals surface area contributed by atoms with Gasteiger partial charge in [-0.1, -0.05) is 5.92 Å². The van der Waals surface area contributed by atoms with Gasteiger partial charge in [0.15, 0.2) is 11.6 Å². The van der Waals surface area contributed by atoms with Gasteiger partial charge in [0, 0.05) is 55.6 Å². The van der Waals surface area contributed by atoms with Crippen LogP contribution in [-0.2, 0) is 4.74 Å². The Labute approximate surface area is 207 Å². The highest BCUT2D eigenvalue weighted by Gasteiger charge is 2.12. The second kappa shape index (κ2) is 12.4. The normalized spacial score (nSPS) is 13.7. The summed E-state index contributed by atoms with van der Waals surface area (Å²) in [6.45, 7) is 4.13. The van der Waals surface area contributed by atoms with Crippen LogP contribution >= 0.6 is 0 Å². The van der Waals surface area contributed by atoms with E-state index in [4.69, 9.17) is 14.9 Å². The van der Waals surface area contributed by atoms with Gasteiger partial charge in [0.25, 0.3) is 5.91 Å². The minimum absolute atomic E-state index is 0.135. The van der Waals surface area contributed by atoms with E-state index in [9.17, 15) is 9.18 Å². The Morgan fingerprint density at radius 3 is 2.92 bits per heavy atom. The van der Waals surface area contributed by atoms with Crippen LogP contribution < -0.4 is 10.1 Å². The van der Waals surface area contributed by atoms with Crippen LogP contribution in [0.15, 0.2) is 48.9 Å². The maximum atomic E-state index is 14.5. The molecule has 3 N–H and O–H groups in total. The van der Waals surface area contributed by atoms with E-state index >= 15 is 0 Å². The zero-order chi connectivity index (χ0) is 25.2. The van der Waals surface area contributed by atoms with Gasteiger partial charge in [-0.05, 0) is 36.3 Å². The van der Waals surface area contributed by atoms with Crippen LogP contribution in [0, 0.1) is 23.1 Å². The van der Waals surface area contributed by atoms with Crippen molar-refractivity contribution >= 4 is 23.9 Å². The van der Waals surface area contributed by atoms with Crippen LogP contribution in [-0.4, -0.2) is 71.4 Å². The van der Waals surface area contributed by atoms with Crippen molar-refractivity contribution in [1.29, 1.82) is 5.41 Å². The lowest BCUT2D eigenvalue weighted by Gasteiger charge is -2.26. The fraction of sp³-hybridized carbons (Fsp3) is 0.231. The van der Waals surface area contributed by atoms with E-state index in [1.54, 1.807) is 36.7 Å². The number of amides is 1. The smallest absolute Gasteiger partial charge is 0.257 e. The number of aromatic nitrogens is 3. The summed E-state index contributed by atoms with van der Waals surface area (Å²) >= 11 is 0. The Kier molecular flexibility index (Phi) is 8.53. The van der Waals surface area contributed by atoms with E-state index in [0.717, 1.165) is 19.3 Å². The van der Waals surface area contributed by atoms with E-state index in [1.807, 2.05) is 0 Å². The third-order valence-corrected chi connectivity index (χ3v) is 5.25. The van der Waals surface area contributed by atoms with Gasteiger partial charge in [0.1, 0.15) is 18.1 Å². The number of nitrogens with one attached hydrogen (secondary N) is 3. The van der Waals surface area contributed by atoms with Gasteiger partial charge in [-0.2, -0.15) is 0 Å². The van der Waals surface area contributed by atoms with Crippen LogP contribution in [0.5, 0.6) is 5.75 Å². The van der Waals surface area contributed by atoms with E-state index in [2.05, 4.69) is 37.0 Å². The van der Waals surface area contributed by atoms with E-state index < -0.39 is 11.7 Å². The van der Waals surface area contributed by atoms with Crippen molar-refractivity contribution in [2.75, 3.05) is 44.8 Å². The lowest BCUT2D eigenvalue weighted by molar-refractivity contribution is 0.0320. The standard InChI is InChI=1S/C26H25FN6O3/c27-23-15-21(5-6-24(23)36-13-10-33-8-11-35-12-9-33)32-26(34)20-14-19(16-29-17-20)3-4-22-18-30-25(31-22)2-1-7-28/h1-2,5-7,14-18,28H,8-13H2,(H,30,31)(H,32,34)/b2-1-,28-7?. The Morgan fingerprint density at radius 2 is 2.11 bits per heavy atom. The number of rotatable bonds is 8. The fourth-order valence-electron chi connectivity index (χ4n) is 3.40. The van der Waals surface area contributed by atoms with Crippen LogP contribution in [0.2, 0.25) is 0 Å². The van der Waals surface area contributed by atoms with Gasteiger partial charge in [-0.15, -0.1) is 0 Å². The summed E-state index contributed by atoms with van der Waals surface area (Å²) in [6, 6.07) is 5.91. The first kappa shape index (κ1) is 24.8. The largest absolute Gasteiger partial charge is 0.489 e. The molecule has 1 saturated heterocycles. The quantitative estimate of drug-likeness (QED) is 0.332. The van der Waals surface area contributed by atoms with Gasteiger partial charge in [0.05, 0.1) is 25.0 Å². The first-order valence-corrected chi connectivity index (χ1v) is 11.3. The van der Waals surface area contributed by atoms with Crippen LogP contribution in [0.4, 0.5) is 10.1 Å². The molecule has 0 spiro atoms. The van der Waals surface area contributed by atoms with Crippen molar-refractivity contribution in [1.82, 2.24) is 19.9 Å². The highest BCUT2D eigenvalue weighted by atomic mass is 19.1. The molecular formula is C26H25FN6O3. The Balaban J connectivity index is 1.34. The molecule has 1 amide bonds. The number of benzene rings is 1. The molecule has 3 aromatic rings. The summed E-state index contributed by atoms with van der Waals surface area (Å²) in [5.74, 6) is 5.57. The SMILES string of the molecule is N=C/C=C\c1ncc(C#Cc2cncc(C(=O)Nc3ccc(OCCN4CCOCC4)c(F)c3)c2)[nH]1. The lowest BCUT2D eigenvalue weighted by atomic mass is 10.2. The molecule has 4 rings (SSSR count). The van der Waals surface area contributed by atoms with Crippen molar-refractivity contribution in [3.8, 4) is 17.6 Å². The van der Waals surface area contributed by atoms with Crippen molar-refractivity contribution in [2.24, 2.45) is 0 Å². The average Bonchev–Trinajstić information content (AvgIpc) is 3.36. The number of hydrogen-bond acceptors (Lipinski definition) is 7. The molecule has 1 aromatic carbocycles. The van der Waals surface area contributed by atoms with Crippen LogP contribution in [0.1, 0.15) is 27.4 Å². The molecule has 0 saturated carbocycles. The highest BCUT2D eigenvalue weighted by molar-refractivity contribution is 6.04. The molecule has 2 aromatic heterocycles. The number of allylic oxidation sites excluding steroid dienone is 1. The number of nitrogens with zero attached hydrogens (tertiary/aromatic N) is 3. The number of carbonyl (C=O) groups is 1. The van der Waals surface area contributed by atoms with Gasteiger partial charge >= 0.3 is 0 Å². The number of carbonyl (C=O) groups excluding carboxylic acids is 1. The second-order valence-electron chi connectivity index (χ2n) is 7.82. The minimum Gasteiger partial charge on any atom is -0.489 e. The molecule has 1 fully saturated rings. The average molecular weight is 489 g/mol. The molecule has 3 heterocycles. The topological polar surface area (TPSA) is 116 Å². The van der Waals surface area contributed by atoms with E-state index in [1.165, 1.54) is 18.3 Å². The summed E-state index contributed by atoms with van der Waals surface area (Å²) in [4.78, 5) is 26.1. The van der Waals surface area contributed by atoms with Gasteiger partial charge in [-0.25, -0.2) is 9.37 Å². The first-order valence-electron chi connectivity index (χ1n) is 11.3. The molecule has 36 heavy (non-hydrogen) atoms. The summed E-state index contributed by atoms with van der Waals surface area (Å²) < 4.78 is 25.4. The predicted molar refractivity (Wildman–Crippen MR) is 134 cm³/mol. The molecule has 0 aliphatic carbocycles. The monoisotopic (exact) mass is 488 g/mol. The number of ether oxygens (including phenoxy) is 2. The summed E-state index contributed by atoms with van der Waals surface area (Å²) in [7, 11) is 0. The van der Waals surface area contributed by atoms with Crippen molar-refractivity contribution in [2.45, 2.75) is 0 Å². The molecule has 1 aliphatic rings.